The topological polar surface area (TPSA) is 96.6 Å². The minimum Gasteiger partial charge on any atom is -0.408 e. The number of carbonyl (C=O) groups excluding carboxylic acids is 1. The zero-order valence-corrected chi connectivity index (χ0v) is 14.8. The quantitative estimate of drug-likeness (QED) is 0.757. The zero-order valence-electron chi connectivity index (χ0n) is 14.0. The lowest BCUT2D eigenvalue weighted by Crippen LogP contribution is -2.49. The molecular formula is C15H24N4O4S. The monoisotopic (exact) mass is 356 g/mol. The molecule has 2 fully saturated rings. The summed E-state index contributed by atoms with van der Waals surface area (Å²) in [7, 11) is -2.86. The number of nitrogens with zero attached hydrogens (tertiary/aromatic N) is 4. The molecule has 2 aliphatic rings. The second kappa shape index (κ2) is 7.08. The fraction of sp³-hybridized carbons (Fsp3) is 0.800. The predicted octanol–water partition coefficient (Wildman–Crippen LogP) is 0.496. The predicted molar refractivity (Wildman–Crippen MR) is 88.5 cm³/mol. The molecule has 1 unspecified atom stereocenters. The van der Waals surface area contributed by atoms with Crippen LogP contribution in [-0.4, -0.2) is 67.1 Å². The highest BCUT2D eigenvalue weighted by Crippen LogP contribution is 2.23. The van der Waals surface area contributed by atoms with Gasteiger partial charge in [0.15, 0.2) is 9.84 Å². The minimum atomic E-state index is -2.86. The largest absolute Gasteiger partial charge is 0.408 e. The number of anilines is 1. The first kappa shape index (κ1) is 17.2. The van der Waals surface area contributed by atoms with E-state index < -0.39 is 9.84 Å². The molecule has 0 saturated carbocycles. The number of sulfone groups is 1. The Labute approximate surface area is 142 Å². The van der Waals surface area contributed by atoms with Crippen LogP contribution < -0.4 is 4.90 Å². The second-order valence-corrected chi connectivity index (χ2v) is 8.74. The van der Waals surface area contributed by atoms with Crippen molar-refractivity contribution < 1.29 is 17.6 Å². The molecule has 3 heterocycles. The van der Waals surface area contributed by atoms with Crippen molar-refractivity contribution in [2.24, 2.45) is 5.92 Å². The molecule has 0 aliphatic carbocycles. The van der Waals surface area contributed by atoms with Crippen molar-refractivity contribution in [2.45, 2.75) is 32.6 Å². The lowest BCUT2D eigenvalue weighted by Gasteiger charge is -2.33. The van der Waals surface area contributed by atoms with Gasteiger partial charge < -0.3 is 14.2 Å². The minimum absolute atomic E-state index is 0.110. The molecular weight excluding hydrogens is 332 g/mol. The van der Waals surface area contributed by atoms with E-state index in [4.69, 9.17) is 4.42 Å². The summed E-state index contributed by atoms with van der Waals surface area (Å²) in [5.41, 5.74) is 0. The molecule has 134 valence electrons. The van der Waals surface area contributed by atoms with Crippen LogP contribution in [0.25, 0.3) is 0 Å². The molecule has 3 rings (SSSR count). The summed E-state index contributed by atoms with van der Waals surface area (Å²) in [6.07, 6.45) is 2.51. The number of hydrogen-bond donors (Lipinski definition) is 0. The van der Waals surface area contributed by atoms with E-state index >= 15 is 0 Å². The maximum atomic E-state index is 12.3. The standard InChI is InChI=1S/C15H24N4O4S/c1-2-13-16-17-15(23-13)19-8-6-18(7-9-19)14(20)4-3-12-5-10-24(21,22)11-12/h12H,2-11H2,1H3. The molecule has 1 aromatic heterocycles. The molecule has 1 aromatic rings. The van der Waals surface area contributed by atoms with Crippen LogP contribution in [0.15, 0.2) is 4.42 Å². The van der Waals surface area contributed by atoms with Crippen molar-refractivity contribution in [3.63, 3.8) is 0 Å². The maximum Gasteiger partial charge on any atom is 0.318 e. The molecule has 24 heavy (non-hydrogen) atoms. The highest BCUT2D eigenvalue weighted by Gasteiger charge is 2.29. The van der Waals surface area contributed by atoms with Crippen molar-refractivity contribution in [3.05, 3.63) is 5.89 Å². The number of piperazine rings is 1. The van der Waals surface area contributed by atoms with Gasteiger partial charge in [-0.25, -0.2) is 8.42 Å². The lowest BCUT2D eigenvalue weighted by molar-refractivity contribution is -0.131. The third-order valence-electron chi connectivity index (χ3n) is 4.75. The highest BCUT2D eigenvalue weighted by molar-refractivity contribution is 7.91. The lowest BCUT2D eigenvalue weighted by atomic mass is 10.0. The van der Waals surface area contributed by atoms with Crippen molar-refractivity contribution in [2.75, 3.05) is 42.6 Å². The summed E-state index contributed by atoms with van der Waals surface area (Å²) >= 11 is 0. The summed E-state index contributed by atoms with van der Waals surface area (Å²) in [5, 5.41) is 7.99. The Morgan fingerprint density at radius 3 is 2.58 bits per heavy atom. The second-order valence-electron chi connectivity index (χ2n) is 6.51. The average molecular weight is 356 g/mol. The van der Waals surface area contributed by atoms with Crippen LogP contribution in [0.2, 0.25) is 0 Å². The van der Waals surface area contributed by atoms with Gasteiger partial charge in [0.05, 0.1) is 11.5 Å². The number of aryl methyl sites for hydroxylation is 1. The number of hydrogen-bond acceptors (Lipinski definition) is 7. The molecule has 0 spiro atoms. The molecule has 1 amide bonds. The van der Waals surface area contributed by atoms with Crippen molar-refractivity contribution >= 4 is 21.8 Å². The van der Waals surface area contributed by atoms with Gasteiger partial charge in [-0.2, -0.15) is 0 Å². The fourth-order valence-electron chi connectivity index (χ4n) is 3.25. The van der Waals surface area contributed by atoms with Crippen molar-refractivity contribution in [1.29, 1.82) is 0 Å². The van der Waals surface area contributed by atoms with Gasteiger partial charge in [-0.1, -0.05) is 12.0 Å². The van der Waals surface area contributed by atoms with Crippen LogP contribution >= 0.6 is 0 Å². The van der Waals surface area contributed by atoms with E-state index in [0.717, 1.165) is 0 Å². The van der Waals surface area contributed by atoms with Crippen LogP contribution in [0.3, 0.4) is 0 Å². The van der Waals surface area contributed by atoms with Crippen LogP contribution in [0.4, 0.5) is 6.01 Å². The summed E-state index contributed by atoms with van der Waals surface area (Å²) in [6.45, 7) is 4.57. The first-order valence-electron chi connectivity index (χ1n) is 8.52. The Morgan fingerprint density at radius 1 is 1.25 bits per heavy atom. The van der Waals surface area contributed by atoms with Gasteiger partial charge in [0.2, 0.25) is 11.8 Å². The summed E-state index contributed by atoms with van der Waals surface area (Å²) < 4.78 is 28.5. The van der Waals surface area contributed by atoms with Crippen LogP contribution in [-0.2, 0) is 21.1 Å². The maximum absolute atomic E-state index is 12.3. The summed E-state index contributed by atoms with van der Waals surface area (Å²) in [6, 6.07) is 0.523. The number of aromatic nitrogens is 2. The Kier molecular flexibility index (Phi) is 5.07. The summed E-state index contributed by atoms with van der Waals surface area (Å²) in [5.74, 6) is 1.39. The van der Waals surface area contributed by atoms with Crippen LogP contribution in [0.1, 0.15) is 32.1 Å². The first-order valence-corrected chi connectivity index (χ1v) is 10.3. The van der Waals surface area contributed by atoms with E-state index in [2.05, 4.69) is 10.2 Å². The molecule has 8 nitrogen and oxygen atoms in total. The third-order valence-corrected chi connectivity index (χ3v) is 6.59. The SMILES string of the molecule is CCc1nnc(N2CCN(C(=O)CCC3CCS(=O)(=O)C3)CC2)o1. The molecule has 0 radical (unpaired) electrons. The van der Waals surface area contributed by atoms with Crippen molar-refractivity contribution in [3.8, 4) is 0 Å². The number of amides is 1. The molecule has 9 heteroatoms. The molecule has 2 aliphatic heterocycles. The smallest absolute Gasteiger partial charge is 0.318 e. The van der Waals surface area contributed by atoms with E-state index in [1.807, 2.05) is 16.7 Å². The average Bonchev–Trinajstić information content (AvgIpc) is 3.19. The molecule has 0 bridgehead atoms. The van der Waals surface area contributed by atoms with E-state index in [1.165, 1.54) is 0 Å². The van der Waals surface area contributed by atoms with Gasteiger partial charge >= 0.3 is 6.01 Å². The van der Waals surface area contributed by atoms with E-state index in [1.54, 1.807) is 0 Å². The zero-order chi connectivity index (χ0) is 17.2. The van der Waals surface area contributed by atoms with E-state index in [0.29, 0.717) is 63.8 Å². The van der Waals surface area contributed by atoms with Gasteiger partial charge in [0.25, 0.3) is 0 Å². The fourth-order valence-corrected chi connectivity index (χ4v) is 5.16. The molecule has 0 N–H and O–H groups in total. The number of rotatable bonds is 5. The van der Waals surface area contributed by atoms with Gasteiger partial charge in [-0.3, -0.25) is 4.79 Å². The Hall–Kier alpha value is -1.64. The van der Waals surface area contributed by atoms with E-state index in [9.17, 15) is 13.2 Å². The molecule has 1 atom stereocenters. The Morgan fingerprint density at radius 2 is 2.00 bits per heavy atom. The third kappa shape index (κ3) is 4.06. The normalized spacial score (nSPS) is 23.6. The van der Waals surface area contributed by atoms with Gasteiger partial charge in [0.1, 0.15) is 0 Å². The first-order chi connectivity index (χ1) is 11.5. The van der Waals surface area contributed by atoms with Crippen LogP contribution in [0, 0.1) is 5.92 Å². The van der Waals surface area contributed by atoms with Crippen LogP contribution in [0.5, 0.6) is 0 Å². The summed E-state index contributed by atoms with van der Waals surface area (Å²) in [4.78, 5) is 16.2. The van der Waals surface area contributed by atoms with Gasteiger partial charge in [0, 0.05) is 39.0 Å². The van der Waals surface area contributed by atoms with Gasteiger partial charge in [-0.05, 0) is 18.8 Å². The highest BCUT2D eigenvalue weighted by atomic mass is 32.2. The Balaban J connectivity index is 1.43. The van der Waals surface area contributed by atoms with E-state index in [-0.39, 0.29) is 23.3 Å². The molecule has 0 aromatic carbocycles. The Bertz CT molecular complexity index is 679. The van der Waals surface area contributed by atoms with Gasteiger partial charge in [-0.15, -0.1) is 5.10 Å². The number of carbonyl (C=O) groups is 1. The van der Waals surface area contributed by atoms with Crippen molar-refractivity contribution in [1.82, 2.24) is 15.1 Å². The molecule has 2 saturated heterocycles.